The normalized spacial score (nSPS) is 22.5. The van der Waals surface area contributed by atoms with Crippen LogP contribution in [-0.2, 0) is 9.47 Å². The van der Waals surface area contributed by atoms with Gasteiger partial charge in [-0.3, -0.25) is 0 Å². The third kappa shape index (κ3) is 9.59. The highest BCUT2D eigenvalue weighted by atomic mass is 32.2. The van der Waals surface area contributed by atoms with Crippen LogP contribution < -0.4 is 0 Å². The van der Waals surface area contributed by atoms with Crippen LogP contribution in [0.4, 0.5) is 0 Å². The molecular weight excluding hydrogens is 448 g/mol. The summed E-state index contributed by atoms with van der Waals surface area (Å²) < 4.78 is 12.0. The SMILES string of the molecule is c1ccc(C(CCCCC2CCCCO2)SC(CCCCC2CCCCO2)c2ccccc2)cc1. The van der Waals surface area contributed by atoms with Crippen LogP contribution in [0.3, 0.4) is 0 Å². The molecule has 2 saturated heterocycles. The Hall–Kier alpha value is -1.29. The molecule has 2 aliphatic heterocycles. The average molecular weight is 495 g/mol. The second-order valence-electron chi connectivity index (χ2n) is 10.5. The molecule has 2 aromatic rings. The molecule has 0 saturated carbocycles. The van der Waals surface area contributed by atoms with Crippen LogP contribution in [0.5, 0.6) is 0 Å². The fourth-order valence-corrected chi connectivity index (χ4v) is 7.26. The first-order valence-electron chi connectivity index (χ1n) is 14.4. The molecule has 0 bridgehead atoms. The average Bonchev–Trinajstić information content (AvgIpc) is 2.94. The second kappa shape index (κ2) is 15.7. The van der Waals surface area contributed by atoms with Gasteiger partial charge in [-0.15, -0.1) is 11.8 Å². The Kier molecular flexibility index (Phi) is 12.0. The Morgan fingerprint density at radius 3 is 1.46 bits per heavy atom. The minimum atomic E-state index is 0.511. The van der Waals surface area contributed by atoms with E-state index in [0.29, 0.717) is 22.7 Å². The van der Waals surface area contributed by atoms with E-state index in [0.717, 1.165) is 13.2 Å². The quantitative estimate of drug-likeness (QED) is 0.244. The monoisotopic (exact) mass is 494 g/mol. The summed E-state index contributed by atoms with van der Waals surface area (Å²) in [7, 11) is 0. The third-order valence-corrected chi connectivity index (χ3v) is 9.38. The van der Waals surface area contributed by atoms with Gasteiger partial charge in [0.2, 0.25) is 0 Å². The number of hydrogen-bond acceptors (Lipinski definition) is 3. The van der Waals surface area contributed by atoms with Crippen molar-refractivity contribution in [1.29, 1.82) is 0 Å². The first-order valence-corrected chi connectivity index (χ1v) is 15.3. The van der Waals surface area contributed by atoms with Crippen molar-refractivity contribution in [3.63, 3.8) is 0 Å². The molecular formula is C32H46O2S. The van der Waals surface area contributed by atoms with E-state index in [9.17, 15) is 0 Å². The van der Waals surface area contributed by atoms with Gasteiger partial charge in [0.25, 0.3) is 0 Å². The lowest BCUT2D eigenvalue weighted by molar-refractivity contribution is 0.00968. The molecule has 0 N–H and O–H groups in total. The first kappa shape index (κ1) is 26.8. The van der Waals surface area contributed by atoms with Crippen molar-refractivity contribution in [3.8, 4) is 0 Å². The predicted molar refractivity (Wildman–Crippen MR) is 150 cm³/mol. The zero-order valence-electron chi connectivity index (χ0n) is 21.6. The van der Waals surface area contributed by atoms with Gasteiger partial charge in [-0.05, 0) is 75.3 Å². The van der Waals surface area contributed by atoms with Crippen LogP contribution in [0.25, 0.3) is 0 Å². The maximum atomic E-state index is 5.98. The number of ether oxygens (including phenoxy) is 2. The van der Waals surface area contributed by atoms with Gasteiger partial charge in [0.05, 0.1) is 12.2 Å². The van der Waals surface area contributed by atoms with Crippen LogP contribution in [-0.4, -0.2) is 25.4 Å². The van der Waals surface area contributed by atoms with Gasteiger partial charge in [-0.2, -0.15) is 0 Å². The molecule has 3 heteroatoms. The molecule has 0 radical (unpaired) electrons. The van der Waals surface area contributed by atoms with Gasteiger partial charge in [0.15, 0.2) is 0 Å². The summed E-state index contributed by atoms with van der Waals surface area (Å²) in [4.78, 5) is 0. The Balaban J connectivity index is 1.32. The van der Waals surface area contributed by atoms with Gasteiger partial charge < -0.3 is 9.47 Å². The molecule has 192 valence electrons. The fraction of sp³-hybridized carbons (Fsp3) is 0.625. The van der Waals surface area contributed by atoms with Crippen LogP contribution >= 0.6 is 11.8 Å². The maximum Gasteiger partial charge on any atom is 0.0575 e. The molecule has 2 aliphatic rings. The Labute approximate surface area is 218 Å². The minimum absolute atomic E-state index is 0.511. The first-order chi connectivity index (χ1) is 17.4. The van der Waals surface area contributed by atoms with Gasteiger partial charge in [0, 0.05) is 23.7 Å². The summed E-state index contributed by atoms with van der Waals surface area (Å²) in [5.41, 5.74) is 2.98. The molecule has 4 unspecified atom stereocenters. The second-order valence-corrected chi connectivity index (χ2v) is 11.9. The van der Waals surface area contributed by atoms with Crippen molar-refractivity contribution in [2.24, 2.45) is 0 Å². The van der Waals surface area contributed by atoms with E-state index in [-0.39, 0.29) is 0 Å². The van der Waals surface area contributed by atoms with E-state index < -0.39 is 0 Å². The highest BCUT2D eigenvalue weighted by Crippen LogP contribution is 2.46. The van der Waals surface area contributed by atoms with Crippen LogP contribution in [0.15, 0.2) is 60.7 Å². The van der Waals surface area contributed by atoms with Gasteiger partial charge in [-0.25, -0.2) is 0 Å². The van der Waals surface area contributed by atoms with Crippen LogP contribution in [0.1, 0.15) is 112 Å². The minimum Gasteiger partial charge on any atom is -0.378 e. The van der Waals surface area contributed by atoms with Crippen LogP contribution in [0, 0.1) is 0 Å². The summed E-state index contributed by atoms with van der Waals surface area (Å²) in [6, 6.07) is 22.5. The van der Waals surface area contributed by atoms with E-state index in [1.54, 1.807) is 0 Å². The summed E-state index contributed by atoms with van der Waals surface area (Å²) in [5.74, 6) is 0. The molecule has 0 aromatic heterocycles. The molecule has 2 fully saturated rings. The van der Waals surface area contributed by atoms with Crippen LogP contribution in [0.2, 0.25) is 0 Å². The molecule has 0 aliphatic carbocycles. The summed E-state index contributed by atoms with van der Waals surface area (Å²) >= 11 is 2.21. The number of thioether (sulfide) groups is 1. The fourth-order valence-electron chi connectivity index (χ4n) is 5.63. The van der Waals surface area contributed by atoms with Gasteiger partial charge in [-0.1, -0.05) is 86.3 Å². The molecule has 0 amide bonds. The lowest BCUT2D eigenvalue weighted by atomic mass is 10.0. The van der Waals surface area contributed by atoms with Gasteiger partial charge >= 0.3 is 0 Å². The largest absolute Gasteiger partial charge is 0.378 e. The van der Waals surface area contributed by atoms with E-state index >= 15 is 0 Å². The topological polar surface area (TPSA) is 18.5 Å². The number of unbranched alkanes of at least 4 members (excludes halogenated alkanes) is 2. The lowest BCUT2D eigenvalue weighted by Crippen LogP contribution is -2.18. The van der Waals surface area contributed by atoms with Crippen molar-refractivity contribution in [1.82, 2.24) is 0 Å². The predicted octanol–water partition coefficient (Wildman–Crippen LogP) is 9.46. The maximum absolute atomic E-state index is 5.98. The van der Waals surface area contributed by atoms with Crippen molar-refractivity contribution in [2.75, 3.05) is 13.2 Å². The number of rotatable bonds is 14. The zero-order valence-corrected chi connectivity index (χ0v) is 22.4. The molecule has 4 rings (SSSR count). The van der Waals surface area contributed by atoms with E-state index in [4.69, 9.17) is 9.47 Å². The Morgan fingerprint density at radius 1 is 0.600 bits per heavy atom. The molecule has 2 heterocycles. The molecule has 2 nitrogen and oxygen atoms in total. The highest BCUT2D eigenvalue weighted by molar-refractivity contribution is 7.99. The lowest BCUT2D eigenvalue weighted by Gasteiger charge is -2.26. The Bertz CT molecular complexity index is 716. The number of hydrogen-bond donors (Lipinski definition) is 0. The standard InChI is InChI=1S/C32H46O2S/c1-3-15-27(16-4-1)31(23-9-7-19-29-21-11-13-25-33-29)35-32(28-17-5-2-6-18-28)24-10-8-20-30-22-12-14-26-34-30/h1-6,15-18,29-32H,7-14,19-26H2. The zero-order chi connectivity index (χ0) is 24.0. The van der Waals surface area contributed by atoms with E-state index in [2.05, 4.69) is 72.4 Å². The van der Waals surface area contributed by atoms with Crippen molar-refractivity contribution < 1.29 is 9.47 Å². The highest BCUT2D eigenvalue weighted by Gasteiger charge is 2.21. The third-order valence-electron chi connectivity index (χ3n) is 7.70. The van der Waals surface area contributed by atoms with Gasteiger partial charge in [0.1, 0.15) is 0 Å². The molecule has 2 aromatic carbocycles. The smallest absolute Gasteiger partial charge is 0.0575 e. The molecule has 35 heavy (non-hydrogen) atoms. The summed E-state index contributed by atoms with van der Waals surface area (Å²) in [5, 5.41) is 1.10. The summed E-state index contributed by atoms with van der Waals surface area (Å²) in [6.07, 6.45) is 18.8. The molecule has 4 atom stereocenters. The van der Waals surface area contributed by atoms with Crippen molar-refractivity contribution in [2.45, 2.75) is 113 Å². The summed E-state index contributed by atoms with van der Waals surface area (Å²) in [6.45, 7) is 1.94. The molecule has 0 spiro atoms. The van der Waals surface area contributed by atoms with E-state index in [1.807, 2.05) is 0 Å². The van der Waals surface area contributed by atoms with Crippen molar-refractivity contribution in [3.05, 3.63) is 71.8 Å². The van der Waals surface area contributed by atoms with Crippen molar-refractivity contribution >= 4 is 11.8 Å². The Morgan fingerprint density at radius 2 is 1.06 bits per heavy atom. The van der Waals surface area contributed by atoms with E-state index in [1.165, 1.54) is 101 Å². The number of benzene rings is 2.